The van der Waals surface area contributed by atoms with Crippen LogP contribution in [0.5, 0.6) is 0 Å². The van der Waals surface area contributed by atoms with Crippen LogP contribution in [0, 0.1) is 0 Å². The summed E-state index contributed by atoms with van der Waals surface area (Å²) in [4.78, 5) is 5.43. The Labute approximate surface area is 285 Å². The molecule has 1 unspecified atom stereocenters. The highest BCUT2D eigenvalue weighted by Gasteiger charge is 2.25. The summed E-state index contributed by atoms with van der Waals surface area (Å²) in [6.45, 7) is 0. The molecule has 0 bridgehead atoms. The van der Waals surface area contributed by atoms with Crippen LogP contribution in [0.25, 0.3) is 86.1 Å². The molecule has 0 saturated carbocycles. The van der Waals surface area contributed by atoms with Crippen molar-refractivity contribution in [2.24, 2.45) is 0 Å². The van der Waals surface area contributed by atoms with Crippen molar-refractivity contribution in [3.63, 3.8) is 0 Å². The zero-order valence-corrected chi connectivity index (χ0v) is 27.1. The van der Waals surface area contributed by atoms with Gasteiger partial charge in [-0.15, -0.1) is 11.3 Å². The molecule has 1 aliphatic carbocycles. The summed E-state index contributed by atoms with van der Waals surface area (Å²) in [5.74, 6) is 0.141. The van der Waals surface area contributed by atoms with E-state index in [0.29, 0.717) is 0 Å². The Balaban J connectivity index is 1.15. The molecule has 11 rings (SSSR count). The van der Waals surface area contributed by atoms with Gasteiger partial charge in [-0.2, -0.15) is 0 Å². The van der Waals surface area contributed by atoms with Gasteiger partial charge in [0.2, 0.25) is 0 Å². The fraction of sp³-hybridized carbons (Fsp3) is 0.0444. The lowest BCUT2D eigenvalue weighted by molar-refractivity contribution is 0.668. The molecule has 3 nitrogen and oxygen atoms in total. The zero-order chi connectivity index (χ0) is 32.1. The molecule has 10 aromatic rings. The highest BCUT2D eigenvalue weighted by atomic mass is 32.1. The first-order valence-corrected chi connectivity index (χ1v) is 17.5. The maximum atomic E-state index is 6.22. The number of furan rings is 2. The number of thiophene rings is 1. The minimum Gasteiger partial charge on any atom is -0.456 e. The summed E-state index contributed by atoms with van der Waals surface area (Å²) >= 11 is 1.85. The second-order valence-corrected chi connectivity index (χ2v) is 14.1. The van der Waals surface area contributed by atoms with Gasteiger partial charge in [-0.25, -0.2) is 4.98 Å². The van der Waals surface area contributed by atoms with Crippen molar-refractivity contribution < 1.29 is 8.83 Å². The molecular weight excluding hydrogens is 619 g/mol. The van der Waals surface area contributed by atoms with Crippen LogP contribution < -0.4 is 0 Å². The largest absolute Gasteiger partial charge is 0.456 e. The number of fused-ring (bicyclic) bond motifs is 11. The molecule has 0 aliphatic heterocycles. The molecule has 1 aliphatic rings. The fourth-order valence-electron chi connectivity index (χ4n) is 7.90. The van der Waals surface area contributed by atoms with E-state index in [4.69, 9.17) is 13.8 Å². The highest BCUT2D eigenvalue weighted by molar-refractivity contribution is 7.26. The number of hydrogen-bond donors (Lipinski definition) is 0. The Morgan fingerprint density at radius 3 is 2.00 bits per heavy atom. The predicted octanol–water partition coefficient (Wildman–Crippen LogP) is 13.1. The third kappa shape index (κ3) is 4.11. The van der Waals surface area contributed by atoms with Gasteiger partial charge < -0.3 is 8.83 Å². The summed E-state index contributed by atoms with van der Waals surface area (Å²) in [5.41, 5.74) is 10.6. The molecule has 49 heavy (non-hydrogen) atoms. The molecule has 4 heterocycles. The van der Waals surface area contributed by atoms with Gasteiger partial charge in [-0.05, 0) is 83.3 Å². The zero-order valence-electron chi connectivity index (χ0n) is 26.3. The van der Waals surface area contributed by atoms with E-state index in [1.165, 1.54) is 47.8 Å². The van der Waals surface area contributed by atoms with Crippen molar-refractivity contribution in [3.05, 3.63) is 162 Å². The lowest BCUT2D eigenvalue weighted by Gasteiger charge is -2.23. The molecular formula is C45H27NO2S. The summed E-state index contributed by atoms with van der Waals surface area (Å²) in [5, 5.41) is 8.37. The Bertz CT molecular complexity index is 3040. The average Bonchev–Trinajstić information content (AvgIpc) is 3.85. The molecule has 4 heteroatoms. The van der Waals surface area contributed by atoms with Crippen LogP contribution in [0.4, 0.5) is 0 Å². The summed E-state index contributed by atoms with van der Waals surface area (Å²) in [7, 11) is 0. The van der Waals surface area contributed by atoms with Gasteiger partial charge in [0.15, 0.2) is 0 Å². The minimum absolute atomic E-state index is 0.141. The number of nitrogens with zero attached hydrogens (tertiary/aromatic N) is 1. The van der Waals surface area contributed by atoms with Crippen molar-refractivity contribution in [1.29, 1.82) is 0 Å². The lowest BCUT2D eigenvalue weighted by atomic mass is 9.81. The quantitative estimate of drug-likeness (QED) is 0.192. The molecule has 0 N–H and O–H groups in total. The molecule has 0 radical (unpaired) electrons. The Kier molecular flexibility index (Phi) is 5.66. The van der Waals surface area contributed by atoms with E-state index in [-0.39, 0.29) is 5.92 Å². The normalized spacial score (nSPS) is 15.3. The van der Waals surface area contributed by atoms with Gasteiger partial charge in [-0.1, -0.05) is 91.0 Å². The smallest absolute Gasteiger partial charge is 0.135 e. The molecule has 0 fully saturated rings. The Morgan fingerprint density at radius 2 is 1.20 bits per heavy atom. The van der Waals surface area contributed by atoms with E-state index < -0.39 is 0 Å². The molecule has 0 amide bonds. The first-order chi connectivity index (χ1) is 24.2. The van der Waals surface area contributed by atoms with Crippen molar-refractivity contribution in [1.82, 2.24) is 4.98 Å². The number of para-hydroxylation sites is 3. The summed E-state index contributed by atoms with van der Waals surface area (Å²) < 4.78 is 15.0. The van der Waals surface area contributed by atoms with Crippen LogP contribution in [0.2, 0.25) is 0 Å². The van der Waals surface area contributed by atoms with Crippen molar-refractivity contribution in [3.8, 4) is 0 Å². The van der Waals surface area contributed by atoms with Gasteiger partial charge in [0.05, 0.1) is 15.9 Å². The van der Waals surface area contributed by atoms with Crippen LogP contribution in [0.3, 0.4) is 0 Å². The second-order valence-electron chi connectivity index (χ2n) is 13.0. The molecule has 230 valence electrons. The molecule has 4 aromatic heterocycles. The van der Waals surface area contributed by atoms with Crippen molar-refractivity contribution in [2.45, 2.75) is 12.3 Å². The third-order valence-corrected chi connectivity index (χ3v) is 11.4. The number of aromatic nitrogens is 1. The lowest BCUT2D eigenvalue weighted by Crippen LogP contribution is -2.05. The molecule has 6 aromatic carbocycles. The highest BCUT2D eigenvalue weighted by Crippen LogP contribution is 2.46. The Morgan fingerprint density at radius 1 is 0.571 bits per heavy atom. The van der Waals surface area contributed by atoms with Gasteiger partial charge in [0.25, 0.3) is 0 Å². The molecule has 1 atom stereocenters. The first-order valence-electron chi connectivity index (χ1n) is 16.7. The fourth-order valence-corrected chi connectivity index (χ4v) is 9.14. The predicted molar refractivity (Wildman–Crippen MR) is 205 cm³/mol. The number of hydrogen-bond acceptors (Lipinski definition) is 4. The van der Waals surface area contributed by atoms with E-state index in [1.54, 1.807) is 0 Å². The van der Waals surface area contributed by atoms with E-state index in [9.17, 15) is 0 Å². The van der Waals surface area contributed by atoms with Crippen molar-refractivity contribution in [2.75, 3.05) is 0 Å². The van der Waals surface area contributed by atoms with Gasteiger partial charge in [0, 0.05) is 48.3 Å². The minimum atomic E-state index is 0.141. The monoisotopic (exact) mass is 645 g/mol. The van der Waals surface area contributed by atoms with Crippen LogP contribution in [-0.4, -0.2) is 4.98 Å². The van der Waals surface area contributed by atoms with Crippen LogP contribution in [0.15, 0.2) is 154 Å². The molecule has 0 saturated heterocycles. The first kappa shape index (κ1) is 27.0. The number of benzene rings is 6. The van der Waals surface area contributed by atoms with E-state index >= 15 is 0 Å². The summed E-state index contributed by atoms with van der Waals surface area (Å²) in [6.07, 6.45) is 5.67. The van der Waals surface area contributed by atoms with Crippen molar-refractivity contribution >= 4 is 97.4 Å². The number of pyridine rings is 1. The third-order valence-electron chi connectivity index (χ3n) is 10.2. The average molecular weight is 646 g/mol. The van der Waals surface area contributed by atoms with E-state index in [2.05, 4.69) is 121 Å². The number of rotatable bonds is 3. The van der Waals surface area contributed by atoms with Crippen LogP contribution in [0.1, 0.15) is 29.2 Å². The van der Waals surface area contributed by atoms with Crippen LogP contribution in [-0.2, 0) is 0 Å². The van der Waals surface area contributed by atoms with Gasteiger partial charge in [-0.3, -0.25) is 0 Å². The second kappa shape index (κ2) is 10.3. The Hall–Kier alpha value is -5.97. The summed E-state index contributed by atoms with van der Waals surface area (Å²) in [6, 6.07) is 47.3. The molecule has 0 spiro atoms. The topological polar surface area (TPSA) is 39.2 Å². The van der Waals surface area contributed by atoms with Crippen LogP contribution >= 0.6 is 11.3 Å². The van der Waals surface area contributed by atoms with Gasteiger partial charge >= 0.3 is 0 Å². The van der Waals surface area contributed by atoms with Gasteiger partial charge in [0.1, 0.15) is 22.3 Å². The SMILES string of the molecule is C1=C(c2ccc3oc4ccccc4c3c2)C=C(c2nc3ccccc3c3c2sc2ccccc23)CC1c1ccc2oc3ccccc3c2c1. The van der Waals surface area contributed by atoms with E-state index in [0.717, 1.165) is 61.5 Å². The maximum Gasteiger partial charge on any atom is 0.135 e. The maximum absolute atomic E-state index is 6.22. The standard InChI is InChI=1S/C45H27NO2S/c1-5-13-37-33(11-1)43-34-12-4-8-16-42(34)49-45(43)44(46-37)30-22-28(26-17-19-40-35(24-26)31-9-2-6-14-38(31)47-40)21-29(23-30)27-18-20-41-36(25-27)32-10-3-7-15-39(32)48-41/h1-22,24-25,29H,23H2. The van der Waals surface area contributed by atoms with E-state index in [1.807, 2.05) is 35.6 Å². The number of allylic oxidation sites excluding steroid dienone is 4.